The molecule has 0 radical (unpaired) electrons. The molecule has 1 unspecified atom stereocenters. The number of methoxy groups -OCH3 is 1. The number of aliphatic hydroxyl groups is 6. The van der Waals surface area contributed by atoms with Gasteiger partial charge in [0.2, 0.25) is 0 Å². The van der Waals surface area contributed by atoms with Gasteiger partial charge in [0.1, 0.15) is 48.8 Å². The van der Waals surface area contributed by atoms with E-state index in [2.05, 4.69) is 0 Å². The number of aliphatic hydroxyl groups excluding tert-OH is 6. The second kappa shape index (κ2) is 12.5. The van der Waals surface area contributed by atoms with Gasteiger partial charge in [-0.3, -0.25) is 0 Å². The van der Waals surface area contributed by atoms with Crippen LogP contribution in [0.15, 0.2) is 0 Å². The maximum absolute atomic E-state index is 10.5. The molecular weight excluding hydrogens is 410 g/mol. The molecule has 30 heavy (non-hydrogen) atoms. The average molecular weight is 443 g/mol. The predicted molar refractivity (Wildman–Crippen MR) is 97.0 cm³/mol. The standard InChI is InChI=1S/C17H33NO12/c1-25-14-12(23)10(21)9(7-20)29-17(14)30-15-13(24)11(22)8(6-19)28-16(15)27-5-4-26-3-2-18/h8-17,19-24H,2-7,18H2,1H3/t8-,9+,10+,11+,12-,13-,14-,15-,16?,17+/m0/s1. The van der Waals surface area contributed by atoms with Gasteiger partial charge in [0.05, 0.1) is 33.0 Å². The van der Waals surface area contributed by atoms with Crippen LogP contribution in [0.2, 0.25) is 0 Å². The number of nitrogens with two attached hydrogens (primary N) is 1. The highest BCUT2D eigenvalue weighted by atomic mass is 16.8. The molecule has 13 heteroatoms. The fraction of sp³-hybridized carbons (Fsp3) is 1.00. The molecule has 178 valence electrons. The summed E-state index contributed by atoms with van der Waals surface area (Å²) in [5, 5.41) is 59.8. The van der Waals surface area contributed by atoms with E-state index in [4.69, 9.17) is 34.2 Å². The Kier molecular flexibility index (Phi) is 10.7. The Balaban J connectivity index is 2.12. The van der Waals surface area contributed by atoms with E-state index in [1.54, 1.807) is 0 Å². The van der Waals surface area contributed by atoms with E-state index in [9.17, 15) is 30.6 Å². The zero-order chi connectivity index (χ0) is 22.3. The fourth-order valence-electron chi connectivity index (χ4n) is 3.32. The molecule has 2 fully saturated rings. The topological polar surface area (TPSA) is 203 Å². The molecule has 8 N–H and O–H groups in total. The molecular formula is C17H33NO12. The summed E-state index contributed by atoms with van der Waals surface area (Å²) < 4.78 is 32.6. The van der Waals surface area contributed by atoms with E-state index < -0.39 is 74.6 Å². The van der Waals surface area contributed by atoms with Gasteiger partial charge >= 0.3 is 0 Å². The Morgan fingerprint density at radius 3 is 1.87 bits per heavy atom. The molecule has 0 aromatic rings. The van der Waals surface area contributed by atoms with E-state index in [1.165, 1.54) is 7.11 Å². The van der Waals surface area contributed by atoms with Crippen molar-refractivity contribution >= 4 is 0 Å². The minimum Gasteiger partial charge on any atom is -0.394 e. The lowest BCUT2D eigenvalue weighted by Crippen LogP contribution is -2.65. The summed E-state index contributed by atoms with van der Waals surface area (Å²) in [4.78, 5) is 0. The Morgan fingerprint density at radius 1 is 0.767 bits per heavy atom. The van der Waals surface area contributed by atoms with Crippen LogP contribution in [-0.2, 0) is 28.4 Å². The quantitative estimate of drug-likeness (QED) is 0.150. The minimum absolute atomic E-state index is 0.0331. The molecule has 0 saturated carbocycles. The first-order valence-corrected chi connectivity index (χ1v) is 9.72. The zero-order valence-corrected chi connectivity index (χ0v) is 16.7. The van der Waals surface area contributed by atoms with Crippen LogP contribution in [0, 0.1) is 0 Å². The van der Waals surface area contributed by atoms with Crippen molar-refractivity contribution in [1.82, 2.24) is 0 Å². The lowest BCUT2D eigenvalue weighted by Gasteiger charge is -2.46. The van der Waals surface area contributed by atoms with Gasteiger partial charge in [0.25, 0.3) is 0 Å². The van der Waals surface area contributed by atoms with Crippen LogP contribution in [-0.4, -0.2) is 139 Å². The summed E-state index contributed by atoms with van der Waals surface area (Å²) in [6.45, 7) is -0.321. The van der Waals surface area contributed by atoms with Crippen LogP contribution >= 0.6 is 0 Å². The molecule has 10 atom stereocenters. The SMILES string of the molecule is CO[C@@H]1[C@@H](O[C@@H]2C(OCCOCCN)O[C@@H](CO)[C@@H](O)[C@@H]2O)O[C@H](CO)[C@@H](O)[C@@H]1O. The van der Waals surface area contributed by atoms with Gasteiger partial charge in [-0.2, -0.15) is 0 Å². The van der Waals surface area contributed by atoms with E-state index in [-0.39, 0.29) is 13.2 Å². The third kappa shape index (κ3) is 6.04. The third-order valence-electron chi connectivity index (χ3n) is 4.98. The molecule has 2 saturated heterocycles. The first-order valence-electron chi connectivity index (χ1n) is 9.72. The van der Waals surface area contributed by atoms with E-state index in [1.807, 2.05) is 0 Å². The molecule has 2 rings (SSSR count). The van der Waals surface area contributed by atoms with Gasteiger partial charge in [-0.05, 0) is 0 Å². The summed E-state index contributed by atoms with van der Waals surface area (Å²) >= 11 is 0. The summed E-state index contributed by atoms with van der Waals surface area (Å²) in [7, 11) is 1.26. The van der Waals surface area contributed by atoms with Gasteiger partial charge in [-0.25, -0.2) is 0 Å². The number of hydrogen-bond donors (Lipinski definition) is 7. The summed E-state index contributed by atoms with van der Waals surface area (Å²) in [6.07, 6.45) is -13.3. The van der Waals surface area contributed by atoms with Crippen molar-refractivity contribution in [2.24, 2.45) is 5.73 Å². The summed E-state index contributed by atoms with van der Waals surface area (Å²) in [5.41, 5.74) is 5.34. The van der Waals surface area contributed by atoms with Crippen molar-refractivity contribution in [2.75, 3.05) is 46.7 Å². The molecule has 2 heterocycles. The van der Waals surface area contributed by atoms with Crippen LogP contribution in [0.25, 0.3) is 0 Å². The van der Waals surface area contributed by atoms with Crippen molar-refractivity contribution in [1.29, 1.82) is 0 Å². The molecule has 0 aliphatic carbocycles. The van der Waals surface area contributed by atoms with Crippen LogP contribution in [0.5, 0.6) is 0 Å². The van der Waals surface area contributed by atoms with Gasteiger partial charge < -0.3 is 64.8 Å². The summed E-state index contributed by atoms with van der Waals surface area (Å²) in [5.74, 6) is 0. The van der Waals surface area contributed by atoms with Crippen molar-refractivity contribution in [3.8, 4) is 0 Å². The second-order valence-corrected chi connectivity index (χ2v) is 6.99. The molecule has 0 bridgehead atoms. The second-order valence-electron chi connectivity index (χ2n) is 6.99. The number of hydrogen-bond acceptors (Lipinski definition) is 13. The van der Waals surface area contributed by atoms with E-state index in [0.29, 0.717) is 13.2 Å². The van der Waals surface area contributed by atoms with Gasteiger partial charge in [0.15, 0.2) is 12.6 Å². The van der Waals surface area contributed by atoms with Crippen LogP contribution in [0.4, 0.5) is 0 Å². The van der Waals surface area contributed by atoms with Crippen molar-refractivity contribution in [3.05, 3.63) is 0 Å². The Hall–Kier alpha value is -0.520. The maximum atomic E-state index is 10.5. The number of rotatable bonds is 11. The van der Waals surface area contributed by atoms with E-state index in [0.717, 1.165) is 0 Å². The van der Waals surface area contributed by atoms with Crippen molar-refractivity contribution in [2.45, 2.75) is 61.4 Å². The third-order valence-corrected chi connectivity index (χ3v) is 4.98. The van der Waals surface area contributed by atoms with Crippen LogP contribution in [0.1, 0.15) is 0 Å². The van der Waals surface area contributed by atoms with Crippen molar-refractivity contribution < 1.29 is 59.1 Å². The molecule has 2 aliphatic rings. The number of ether oxygens (including phenoxy) is 6. The molecule has 2 aliphatic heterocycles. The van der Waals surface area contributed by atoms with Crippen LogP contribution in [0.3, 0.4) is 0 Å². The summed E-state index contributed by atoms with van der Waals surface area (Å²) in [6, 6.07) is 0. The Labute approximate surface area is 173 Å². The first-order chi connectivity index (χ1) is 14.4. The van der Waals surface area contributed by atoms with E-state index >= 15 is 0 Å². The van der Waals surface area contributed by atoms with Gasteiger partial charge in [-0.1, -0.05) is 0 Å². The average Bonchev–Trinajstić information content (AvgIpc) is 2.75. The molecule has 0 spiro atoms. The first kappa shape index (κ1) is 25.7. The molecule has 13 nitrogen and oxygen atoms in total. The minimum atomic E-state index is -1.55. The maximum Gasteiger partial charge on any atom is 0.187 e. The monoisotopic (exact) mass is 443 g/mol. The largest absolute Gasteiger partial charge is 0.394 e. The molecule has 0 amide bonds. The van der Waals surface area contributed by atoms with Gasteiger partial charge in [-0.15, -0.1) is 0 Å². The fourth-order valence-corrected chi connectivity index (χ4v) is 3.32. The normalized spacial score (nSPS) is 42.4. The lowest BCUT2D eigenvalue weighted by atomic mass is 9.97. The molecule has 0 aromatic carbocycles. The highest BCUT2D eigenvalue weighted by Crippen LogP contribution is 2.30. The van der Waals surface area contributed by atoms with Gasteiger partial charge in [0, 0.05) is 13.7 Å². The molecule has 0 aromatic heterocycles. The predicted octanol–water partition coefficient (Wildman–Crippen LogP) is -4.74. The lowest BCUT2D eigenvalue weighted by molar-refractivity contribution is -0.369. The highest BCUT2D eigenvalue weighted by molar-refractivity contribution is 4.94. The Morgan fingerprint density at radius 2 is 1.33 bits per heavy atom. The highest BCUT2D eigenvalue weighted by Gasteiger charge is 2.51. The van der Waals surface area contributed by atoms with Crippen molar-refractivity contribution in [3.63, 3.8) is 0 Å². The smallest absolute Gasteiger partial charge is 0.187 e. The zero-order valence-electron chi connectivity index (χ0n) is 16.7. The Bertz CT molecular complexity index is 488. The van der Waals surface area contributed by atoms with Crippen LogP contribution < -0.4 is 5.73 Å².